The molecule has 43 heavy (non-hydrogen) atoms. The standard InChI is InChI=1S/C38H59N5/c1-2-3-4-5-6-7-8-9-10-11-12-13-14-15-16-20-27-37(39,31-34-24-17-21-28-41-34)38(40,32-35-25-18-22-29-42-35)33-36-26-19-23-30-43-36/h17-19,21-26,28-30H,2-16,20,27,31-33,39-40H2,1H3. The van der Waals surface area contributed by atoms with Crippen molar-refractivity contribution < 1.29 is 0 Å². The third-order valence-electron chi connectivity index (χ3n) is 9.14. The Morgan fingerprint density at radius 3 is 1.09 bits per heavy atom. The van der Waals surface area contributed by atoms with E-state index >= 15 is 0 Å². The van der Waals surface area contributed by atoms with E-state index in [0.717, 1.165) is 29.9 Å². The van der Waals surface area contributed by atoms with Gasteiger partial charge in [0.2, 0.25) is 0 Å². The van der Waals surface area contributed by atoms with E-state index in [1.165, 1.54) is 96.3 Å². The fourth-order valence-corrected chi connectivity index (χ4v) is 6.39. The van der Waals surface area contributed by atoms with Gasteiger partial charge in [0.25, 0.3) is 0 Å². The molecule has 0 saturated heterocycles. The number of rotatable bonds is 24. The number of hydrogen-bond acceptors (Lipinski definition) is 5. The Kier molecular flexibility index (Phi) is 16.5. The predicted molar refractivity (Wildman–Crippen MR) is 182 cm³/mol. The maximum atomic E-state index is 7.44. The molecule has 5 heteroatoms. The first-order valence-electron chi connectivity index (χ1n) is 17.3. The summed E-state index contributed by atoms with van der Waals surface area (Å²) >= 11 is 0. The molecule has 0 aliphatic carbocycles. The molecule has 0 aromatic carbocycles. The summed E-state index contributed by atoms with van der Waals surface area (Å²) in [4.78, 5) is 13.9. The van der Waals surface area contributed by atoms with Crippen molar-refractivity contribution in [3.63, 3.8) is 0 Å². The average Bonchev–Trinajstić information content (AvgIpc) is 3.02. The molecule has 5 nitrogen and oxygen atoms in total. The smallest absolute Gasteiger partial charge is 0.0452 e. The van der Waals surface area contributed by atoms with E-state index in [4.69, 9.17) is 11.5 Å². The van der Waals surface area contributed by atoms with Gasteiger partial charge in [-0.15, -0.1) is 0 Å². The topological polar surface area (TPSA) is 90.7 Å². The number of unbranched alkanes of at least 4 members (excludes halogenated alkanes) is 15. The van der Waals surface area contributed by atoms with Crippen LogP contribution in [0.4, 0.5) is 0 Å². The van der Waals surface area contributed by atoms with Gasteiger partial charge in [-0.25, -0.2) is 0 Å². The van der Waals surface area contributed by atoms with Gasteiger partial charge >= 0.3 is 0 Å². The van der Waals surface area contributed by atoms with Crippen molar-refractivity contribution >= 4 is 0 Å². The van der Waals surface area contributed by atoms with Crippen LogP contribution >= 0.6 is 0 Å². The Balaban J connectivity index is 1.49. The zero-order valence-electron chi connectivity index (χ0n) is 27.1. The number of hydrogen-bond donors (Lipinski definition) is 2. The number of nitrogens with two attached hydrogens (primary N) is 2. The lowest BCUT2D eigenvalue weighted by atomic mass is 9.67. The molecule has 0 bridgehead atoms. The van der Waals surface area contributed by atoms with Crippen molar-refractivity contribution in [3.05, 3.63) is 90.3 Å². The lowest BCUT2D eigenvalue weighted by molar-refractivity contribution is 0.188. The highest BCUT2D eigenvalue weighted by molar-refractivity contribution is 5.23. The predicted octanol–water partition coefficient (Wildman–Crippen LogP) is 8.95. The second-order valence-electron chi connectivity index (χ2n) is 12.9. The molecule has 0 aliphatic rings. The van der Waals surface area contributed by atoms with Crippen LogP contribution in [0, 0.1) is 0 Å². The van der Waals surface area contributed by atoms with E-state index in [-0.39, 0.29) is 0 Å². The highest BCUT2D eigenvalue weighted by atomic mass is 14.9. The molecule has 3 rings (SSSR count). The first-order valence-corrected chi connectivity index (χ1v) is 17.3. The van der Waals surface area contributed by atoms with Crippen LogP contribution in [0.5, 0.6) is 0 Å². The molecule has 1 unspecified atom stereocenters. The van der Waals surface area contributed by atoms with Crippen molar-refractivity contribution in [1.29, 1.82) is 0 Å². The van der Waals surface area contributed by atoms with Gasteiger partial charge in [-0.3, -0.25) is 15.0 Å². The van der Waals surface area contributed by atoms with Crippen molar-refractivity contribution in [3.8, 4) is 0 Å². The lowest BCUT2D eigenvalue weighted by Crippen LogP contribution is -2.69. The summed E-state index contributed by atoms with van der Waals surface area (Å²) < 4.78 is 0. The van der Waals surface area contributed by atoms with Crippen LogP contribution in [0.25, 0.3) is 0 Å². The van der Waals surface area contributed by atoms with E-state index < -0.39 is 11.1 Å². The van der Waals surface area contributed by atoms with Gasteiger partial charge in [-0.1, -0.05) is 128 Å². The molecule has 4 N–H and O–H groups in total. The number of pyridine rings is 3. The van der Waals surface area contributed by atoms with Gasteiger partial charge in [0.15, 0.2) is 0 Å². The first-order chi connectivity index (χ1) is 21.0. The van der Waals surface area contributed by atoms with E-state index in [2.05, 4.69) is 40.1 Å². The third-order valence-corrected chi connectivity index (χ3v) is 9.14. The molecule has 0 spiro atoms. The minimum absolute atomic E-state index is 0.590. The number of nitrogens with zero attached hydrogens (tertiary/aromatic N) is 3. The van der Waals surface area contributed by atoms with Crippen LogP contribution in [0.2, 0.25) is 0 Å². The van der Waals surface area contributed by atoms with Crippen molar-refractivity contribution in [1.82, 2.24) is 15.0 Å². The summed E-state index contributed by atoms with van der Waals surface area (Å²) in [6.45, 7) is 2.29. The normalized spacial score (nSPS) is 13.2. The first kappa shape index (κ1) is 34.9. The van der Waals surface area contributed by atoms with E-state index in [9.17, 15) is 0 Å². The second kappa shape index (κ2) is 20.3. The quantitative estimate of drug-likeness (QED) is 0.102. The largest absolute Gasteiger partial charge is 0.323 e. The Labute approximate surface area is 262 Å². The summed E-state index contributed by atoms with van der Waals surface area (Å²) in [7, 11) is 0. The minimum Gasteiger partial charge on any atom is -0.323 e. The molecule has 0 aliphatic heterocycles. The number of aromatic nitrogens is 3. The maximum absolute atomic E-state index is 7.44. The molecule has 0 fully saturated rings. The van der Waals surface area contributed by atoms with Crippen LogP contribution in [0.3, 0.4) is 0 Å². The Morgan fingerprint density at radius 2 is 0.767 bits per heavy atom. The van der Waals surface area contributed by atoms with Gasteiger partial charge < -0.3 is 11.5 Å². The van der Waals surface area contributed by atoms with Gasteiger partial charge in [0.05, 0.1) is 0 Å². The average molecular weight is 586 g/mol. The van der Waals surface area contributed by atoms with Crippen molar-refractivity contribution in [2.24, 2.45) is 11.5 Å². The Morgan fingerprint density at radius 1 is 0.442 bits per heavy atom. The highest BCUT2D eigenvalue weighted by Gasteiger charge is 2.46. The highest BCUT2D eigenvalue weighted by Crippen LogP contribution is 2.33. The lowest BCUT2D eigenvalue weighted by Gasteiger charge is -2.46. The minimum atomic E-state index is -0.733. The monoisotopic (exact) mass is 585 g/mol. The SMILES string of the molecule is CCCCCCCCCCCCCCCCCCC(N)(Cc1ccccn1)C(N)(Cc1ccccn1)Cc1ccccn1. The maximum Gasteiger partial charge on any atom is 0.0452 e. The summed E-state index contributed by atoms with van der Waals surface area (Å²) in [5.41, 5.74) is 16.4. The molecule has 0 radical (unpaired) electrons. The molecule has 236 valence electrons. The van der Waals surface area contributed by atoms with Crippen LogP contribution < -0.4 is 11.5 Å². The molecule has 3 aromatic rings. The van der Waals surface area contributed by atoms with E-state index in [1.54, 1.807) is 0 Å². The zero-order valence-corrected chi connectivity index (χ0v) is 27.1. The van der Waals surface area contributed by atoms with Crippen LogP contribution in [0.1, 0.15) is 133 Å². The van der Waals surface area contributed by atoms with Crippen LogP contribution in [-0.4, -0.2) is 26.0 Å². The summed E-state index contributed by atoms with van der Waals surface area (Å²) in [6, 6.07) is 18.1. The molecular formula is C38H59N5. The van der Waals surface area contributed by atoms with Gasteiger partial charge in [-0.2, -0.15) is 0 Å². The molecule has 3 aromatic heterocycles. The molecule has 3 heterocycles. The van der Waals surface area contributed by atoms with Crippen molar-refractivity contribution in [2.45, 2.75) is 146 Å². The molecule has 0 amide bonds. The van der Waals surface area contributed by atoms with Crippen LogP contribution in [-0.2, 0) is 19.3 Å². The van der Waals surface area contributed by atoms with Gasteiger partial charge in [0, 0.05) is 66.0 Å². The Bertz CT molecular complexity index is 1030. The molecular weight excluding hydrogens is 526 g/mol. The molecule has 0 saturated carbocycles. The fourth-order valence-electron chi connectivity index (χ4n) is 6.39. The molecule has 1 atom stereocenters. The van der Waals surface area contributed by atoms with Crippen molar-refractivity contribution in [2.75, 3.05) is 0 Å². The zero-order chi connectivity index (χ0) is 30.5. The van der Waals surface area contributed by atoms with Gasteiger partial charge in [0.1, 0.15) is 0 Å². The fraction of sp³-hybridized carbons (Fsp3) is 0.605. The summed E-state index contributed by atoms with van der Waals surface area (Å²) in [6.07, 6.45) is 29.8. The van der Waals surface area contributed by atoms with Crippen LogP contribution in [0.15, 0.2) is 73.2 Å². The summed E-state index contributed by atoms with van der Waals surface area (Å²) in [5.74, 6) is 0. The van der Waals surface area contributed by atoms with E-state index in [0.29, 0.717) is 19.3 Å². The summed E-state index contributed by atoms with van der Waals surface area (Å²) in [5, 5.41) is 0. The van der Waals surface area contributed by atoms with E-state index in [1.807, 2.05) is 55.0 Å². The Hall–Kier alpha value is -2.63. The van der Waals surface area contributed by atoms with Gasteiger partial charge in [-0.05, 0) is 42.8 Å². The second-order valence-corrected chi connectivity index (χ2v) is 12.9. The third kappa shape index (κ3) is 13.3.